The zero-order chi connectivity index (χ0) is 18.0. The minimum Gasteiger partial charge on any atom is -0.301 e. The Morgan fingerprint density at radius 3 is 3.04 bits per heavy atom. The molecule has 3 aromatic heterocycles. The smallest absolute Gasteiger partial charge is 0.268 e. The second-order valence-electron chi connectivity index (χ2n) is 6.46. The van der Waals surface area contributed by atoms with Crippen LogP contribution in [0.3, 0.4) is 0 Å². The Labute approximate surface area is 162 Å². The van der Waals surface area contributed by atoms with Crippen LogP contribution >= 0.6 is 35.2 Å². The van der Waals surface area contributed by atoms with E-state index in [-0.39, 0.29) is 5.56 Å². The highest BCUT2D eigenvalue weighted by atomic mass is 35.5. The molecule has 0 unspecified atom stereocenters. The van der Waals surface area contributed by atoms with E-state index in [1.165, 1.54) is 4.88 Å². The molecule has 132 valence electrons. The van der Waals surface area contributed by atoms with Gasteiger partial charge in [-0.3, -0.25) is 4.79 Å². The summed E-state index contributed by atoms with van der Waals surface area (Å²) in [7, 11) is 2.09. The largest absolute Gasteiger partial charge is 0.301 e. The Hall–Kier alpha value is -2.00. The van der Waals surface area contributed by atoms with Crippen LogP contribution in [-0.2, 0) is 13.0 Å². The number of likely N-dealkylation sites (N-methyl/N-ethyl adjacent to an activating group) is 1. The Morgan fingerprint density at radius 2 is 2.23 bits per heavy atom. The van der Waals surface area contributed by atoms with Gasteiger partial charge >= 0.3 is 0 Å². The van der Waals surface area contributed by atoms with Gasteiger partial charge in [-0.1, -0.05) is 17.7 Å². The number of aromatic nitrogens is 4. The van der Waals surface area contributed by atoms with E-state index in [1.807, 2.05) is 16.5 Å². The van der Waals surface area contributed by atoms with E-state index < -0.39 is 0 Å². The van der Waals surface area contributed by atoms with Crippen LogP contribution in [0.4, 0.5) is 0 Å². The van der Waals surface area contributed by atoms with Gasteiger partial charge in [0.2, 0.25) is 10.5 Å². The third-order valence-electron chi connectivity index (χ3n) is 4.77. The van der Waals surface area contributed by atoms with Gasteiger partial charge in [-0.05, 0) is 49.4 Å². The minimum absolute atomic E-state index is 0.0779. The zero-order valence-electron chi connectivity index (χ0n) is 13.8. The van der Waals surface area contributed by atoms with Gasteiger partial charge in [0.05, 0.1) is 11.1 Å². The lowest BCUT2D eigenvalue weighted by atomic mass is 10.1. The van der Waals surface area contributed by atoms with Crippen molar-refractivity contribution in [3.8, 4) is 5.69 Å². The van der Waals surface area contributed by atoms with Crippen molar-refractivity contribution in [3.05, 3.63) is 54.9 Å². The molecule has 0 saturated heterocycles. The third kappa shape index (κ3) is 2.23. The summed E-state index contributed by atoms with van der Waals surface area (Å²) in [5.41, 5.74) is 1.73. The lowest BCUT2D eigenvalue weighted by Crippen LogP contribution is -2.27. The third-order valence-corrected chi connectivity index (χ3v) is 6.48. The fraction of sp³-hybridized carbons (Fsp3) is 0.235. The Bertz CT molecular complexity index is 1300. The maximum Gasteiger partial charge on any atom is 0.268 e. The molecule has 1 N–H and O–H groups in total. The number of fused-ring (bicyclic) bond motifs is 5. The summed E-state index contributed by atoms with van der Waals surface area (Å²) in [6, 6.07) is 7.22. The molecule has 1 aliphatic heterocycles. The second kappa shape index (κ2) is 5.75. The number of halogens is 1. The molecule has 26 heavy (non-hydrogen) atoms. The quantitative estimate of drug-likeness (QED) is 0.495. The maximum absolute atomic E-state index is 13.5. The SMILES string of the molecule is CN1CCc2c(sc3c2c(=O)n(-c2cccc(Cl)c2)c2n[nH]c(=S)n32)C1. The molecule has 0 aliphatic carbocycles. The highest BCUT2D eigenvalue weighted by Crippen LogP contribution is 2.34. The average molecular weight is 404 g/mol. The van der Waals surface area contributed by atoms with Crippen molar-refractivity contribution in [1.82, 2.24) is 24.1 Å². The van der Waals surface area contributed by atoms with E-state index in [0.717, 1.165) is 35.3 Å². The Morgan fingerprint density at radius 1 is 1.38 bits per heavy atom. The van der Waals surface area contributed by atoms with Crippen molar-refractivity contribution in [2.24, 2.45) is 0 Å². The Kier molecular flexibility index (Phi) is 3.58. The lowest BCUT2D eigenvalue weighted by molar-refractivity contribution is 0.318. The number of nitrogens with one attached hydrogen (secondary N) is 1. The molecule has 0 fully saturated rings. The molecule has 4 aromatic rings. The molecule has 1 aliphatic rings. The number of nitrogens with zero attached hydrogens (tertiary/aromatic N) is 4. The van der Waals surface area contributed by atoms with Crippen molar-refractivity contribution in [2.45, 2.75) is 13.0 Å². The molecule has 1 aromatic carbocycles. The van der Waals surface area contributed by atoms with Gasteiger partial charge in [-0.25, -0.2) is 14.1 Å². The van der Waals surface area contributed by atoms with Crippen LogP contribution in [-0.4, -0.2) is 37.7 Å². The highest BCUT2D eigenvalue weighted by molar-refractivity contribution is 7.71. The van der Waals surface area contributed by atoms with Gasteiger partial charge in [0.25, 0.3) is 5.56 Å². The van der Waals surface area contributed by atoms with E-state index in [4.69, 9.17) is 23.8 Å². The van der Waals surface area contributed by atoms with Crippen LogP contribution < -0.4 is 5.56 Å². The first-order chi connectivity index (χ1) is 12.5. The van der Waals surface area contributed by atoms with E-state index in [2.05, 4.69) is 22.1 Å². The molecule has 0 atom stereocenters. The summed E-state index contributed by atoms with van der Waals surface area (Å²) in [6.45, 7) is 1.78. The van der Waals surface area contributed by atoms with Crippen molar-refractivity contribution in [3.63, 3.8) is 0 Å². The van der Waals surface area contributed by atoms with Crippen LogP contribution in [0.25, 0.3) is 21.7 Å². The van der Waals surface area contributed by atoms with E-state index in [9.17, 15) is 4.79 Å². The molecule has 4 heterocycles. The van der Waals surface area contributed by atoms with Crippen LogP contribution in [0.5, 0.6) is 0 Å². The van der Waals surface area contributed by atoms with Gasteiger partial charge in [-0.15, -0.1) is 16.4 Å². The number of aromatic amines is 1. The molecule has 0 bridgehead atoms. The first-order valence-corrected chi connectivity index (χ1v) is 9.76. The number of benzene rings is 1. The van der Waals surface area contributed by atoms with Gasteiger partial charge in [0.1, 0.15) is 4.83 Å². The molecular weight excluding hydrogens is 390 g/mol. The van der Waals surface area contributed by atoms with E-state index in [0.29, 0.717) is 21.3 Å². The summed E-state index contributed by atoms with van der Waals surface area (Å²) in [6.07, 6.45) is 0.854. The predicted octanol–water partition coefficient (Wildman–Crippen LogP) is 3.40. The minimum atomic E-state index is -0.0779. The molecule has 0 radical (unpaired) electrons. The summed E-state index contributed by atoms with van der Waals surface area (Å²) < 4.78 is 3.93. The molecule has 0 spiro atoms. The summed E-state index contributed by atoms with van der Waals surface area (Å²) in [4.78, 5) is 17.8. The monoisotopic (exact) mass is 403 g/mol. The van der Waals surface area contributed by atoms with Crippen LogP contribution in [0.2, 0.25) is 5.02 Å². The fourth-order valence-corrected chi connectivity index (χ4v) is 5.45. The normalized spacial score (nSPS) is 15.0. The number of H-pyrrole nitrogens is 1. The number of hydrogen-bond donors (Lipinski definition) is 1. The molecule has 6 nitrogen and oxygen atoms in total. The zero-order valence-corrected chi connectivity index (χ0v) is 16.2. The van der Waals surface area contributed by atoms with Crippen molar-refractivity contribution in [1.29, 1.82) is 0 Å². The van der Waals surface area contributed by atoms with Crippen LogP contribution in [0.1, 0.15) is 10.4 Å². The number of hydrogen-bond acceptors (Lipinski definition) is 5. The lowest BCUT2D eigenvalue weighted by Gasteiger charge is -2.21. The van der Waals surface area contributed by atoms with Gasteiger partial charge in [0, 0.05) is 23.0 Å². The second-order valence-corrected chi connectivity index (χ2v) is 8.36. The summed E-state index contributed by atoms with van der Waals surface area (Å²) >= 11 is 13.2. The Balaban J connectivity index is 1.98. The van der Waals surface area contributed by atoms with Gasteiger partial charge in [0.15, 0.2) is 0 Å². The maximum atomic E-state index is 13.5. The highest BCUT2D eigenvalue weighted by Gasteiger charge is 2.25. The average Bonchev–Trinajstić information content (AvgIpc) is 3.15. The van der Waals surface area contributed by atoms with Crippen LogP contribution in [0, 0.1) is 4.77 Å². The van der Waals surface area contributed by atoms with Crippen LogP contribution in [0.15, 0.2) is 29.1 Å². The van der Waals surface area contributed by atoms with Crippen molar-refractivity contribution < 1.29 is 0 Å². The number of thiophene rings is 1. The summed E-state index contributed by atoms with van der Waals surface area (Å²) in [5, 5.41) is 8.45. The molecule has 9 heteroatoms. The topological polar surface area (TPSA) is 58.3 Å². The fourth-order valence-electron chi connectivity index (χ4n) is 3.57. The standard InChI is InChI=1S/C17H14ClN5OS2/c1-21-6-5-11-12(8-21)26-15-13(11)14(24)22(10-4-2-3-9(18)7-10)16-19-20-17(25)23(15)16/h2-4,7H,5-6,8H2,1H3,(H,20,25). The van der Waals surface area contributed by atoms with Gasteiger partial charge in [-0.2, -0.15) is 0 Å². The molecule has 0 amide bonds. The number of rotatable bonds is 1. The van der Waals surface area contributed by atoms with Crippen molar-refractivity contribution >= 4 is 51.1 Å². The molecule has 5 rings (SSSR count). The van der Waals surface area contributed by atoms with E-state index in [1.54, 1.807) is 28.0 Å². The first-order valence-electron chi connectivity index (χ1n) is 8.15. The first kappa shape index (κ1) is 16.2. The van der Waals surface area contributed by atoms with Gasteiger partial charge < -0.3 is 4.90 Å². The van der Waals surface area contributed by atoms with E-state index >= 15 is 0 Å². The van der Waals surface area contributed by atoms with Crippen molar-refractivity contribution in [2.75, 3.05) is 13.6 Å². The summed E-state index contributed by atoms with van der Waals surface area (Å²) in [5.74, 6) is 0.474. The predicted molar refractivity (Wildman–Crippen MR) is 106 cm³/mol. The molecule has 0 saturated carbocycles. The molecular formula is C17H14ClN5OS2.